The maximum atomic E-state index is 12.3. The van der Waals surface area contributed by atoms with Gasteiger partial charge >= 0.3 is 6.03 Å². The number of amides is 2. The molecule has 0 aromatic carbocycles. The summed E-state index contributed by atoms with van der Waals surface area (Å²) < 4.78 is 0. The lowest BCUT2D eigenvalue weighted by Crippen LogP contribution is -2.47. The van der Waals surface area contributed by atoms with Crippen LogP contribution in [0.25, 0.3) is 0 Å². The van der Waals surface area contributed by atoms with Crippen molar-refractivity contribution in [1.82, 2.24) is 15.1 Å². The number of nitrogens with one attached hydrogen (secondary N) is 1. The Hall–Kier alpha value is -0.770. The first-order valence-corrected chi connectivity index (χ1v) is 8.81. The van der Waals surface area contributed by atoms with Crippen LogP contribution in [0.1, 0.15) is 65.7 Å². The maximum absolute atomic E-state index is 12.3. The normalized spacial score (nSPS) is 16.5. The summed E-state index contributed by atoms with van der Waals surface area (Å²) in [6.07, 6.45) is 8.45. The van der Waals surface area contributed by atoms with Gasteiger partial charge in [-0.05, 0) is 60.0 Å². The molecule has 0 bridgehead atoms. The molecule has 1 N–H and O–H groups in total. The summed E-state index contributed by atoms with van der Waals surface area (Å²) in [6.45, 7) is 9.25. The van der Waals surface area contributed by atoms with Gasteiger partial charge in [0.25, 0.3) is 0 Å². The number of rotatable bonds is 8. The van der Waals surface area contributed by atoms with Crippen LogP contribution >= 0.6 is 0 Å². The van der Waals surface area contributed by atoms with Crippen molar-refractivity contribution in [2.45, 2.75) is 77.8 Å². The van der Waals surface area contributed by atoms with Gasteiger partial charge in [0.2, 0.25) is 0 Å². The Balaban J connectivity index is 2.19. The van der Waals surface area contributed by atoms with Crippen molar-refractivity contribution in [1.29, 1.82) is 0 Å². The minimum Gasteiger partial charge on any atom is -0.338 e. The van der Waals surface area contributed by atoms with Crippen LogP contribution in [0.2, 0.25) is 0 Å². The standard InChI is InChI=1S/C17H35N3O/c1-5-20(16-11-7-6-8-12-16)17(21)18-13-9-10-14-19(4)15(2)3/h15-16H,5-14H2,1-4H3,(H,18,21). The van der Waals surface area contributed by atoms with Gasteiger partial charge in [0.05, 0.1) is 0 Å². The first-order valence-electron chi connectivity index (χ1n) is 8.81. The van der Waals surface area contributed by atoms with E-state index in [0.29, 0.717) is 12.1 Å². The predicted molar refractivity (Wildman–Crippen MR) is 89.7 cm³/mol. The first kappa shape index (κ1) is 18.3. The zero-order chi connectivity index (χ0) is 15.7. The van der Waals surface area contributed by atoms with Crippen LogP contribution < -0.4 is 5.32 Å². The van der Waals surface area contributed by atoms with Gasteiger partial charge in [0.15, 0.2) is 0 Å². The van der Waals surface area contributed by atoms with E-state index in [1.165, 1.54) is 32.1 Å². The third-order valence-corrected chi connectivity index (χ3v) is 4.71. The molecule has 0 atom stereocenters. The molecule has 1 aliphatic carbocycles. The highest BCUT2D eigenvalue weighted by molar-refractivity contribution is 5.74. The fourth-order valence-electron chi connectivity index (χ4n) is 3.00. The number of unbranched alkanes of at least 4 members (excludes halogenated alkanes) is 1. The van der Waals surface area contributed by atoms with Crippen LogP contribution in [-0.2, 0) is 0 Å². The monoisotopic (exact) mass is 297 g/mol. The summed E-state index contributed by atoms with van der Waals surface area (Å²) in [5, 5.41) is 3.10. The molecule has 1 rings (SSSR count). The molecule has 0 saturated heterocycles. The minimum absolute atomic E-state index is 0.140. The van der Waals surface area contributed by atoms with E-state index in [2.05, 4.69) is 38.0 Å². The number of urea groups is 1. The highest BCUT2D eigenvalue weighted by Gasteiger charge is 2.23. The van der Waals surface area contributed by atoms with Crippen molar-refractivity contribution in [3.05, 3.63) is 0 Å². The zero-order valence-corrected chi connectivity index (χ0v) is 14.5. The van der Waals surface area contributed by atoms with E-state index in [9.17, 15) is 4.79 Å². The average Bonchev–Trinajstić information content (AvgIpc) is 2.48. The second kappa shape index (κ2) is 10.0. The van der Waals surface area contributed by atoms with Crippen molar-refractivity contribution in [2.24, 2.45) is 0 Å². The molecule has 0 spiro atoms. The van der Waals surface area contributed by atoms with Crippen LogP contribution in [0.4, 0.5) is 4.79 Å². The fraction of sp³-hybridized carbons (Fsp3) is 0.941. The van der Waals surface area contributed by atoms with Crippen molar-refractivity contribution in [2.75, 3.05) is 26.7 Å². The highest BCUT2D eigenvalue weighted by Crippen LogP contribution is 2.22. The second-order valence-electron chi connectivity index (χ2n) is 6.59. The first-order chi connectivity index (χ1) is 10.1. The summed E-state index contributed by atoms with van der Waals surface area (Å²) in [4.78, 5) is 16.7. The SMILES string of the molecule is CCN(C(=O)NCCCCN(C)C(C)C)C1CCCCC1. The highest BCUT2D eigenvalue weighted by atomic mass is 16.2. The van der Waals surface area contributed by atoms with Crippen LogP contribution in [0.3, 0.4) is 0 Å². The zero-order valence-electron chi connectivity index (χ0n) is 14.5. The molecule has 124 valence electrons. The Morgan fingerprint density at radius 1 is 1.19 bits per heavy atom. The lowest BCUT2D eigenvalue weighted by atomic mass is 9.94. The number of hydrogen-bond acceptors (Lipinski definition) is 2. The third kappa shape index (κ3) is 6.68. The molecule has 0 aromatic heterocycles. The summed E-state index contributed by atoms with van der Waals surface area (Å²) in [5.41, 5.74) is 0. The van der Waals surface area contributed by atoms with Gasteiger partial charge in [-0.15, -0.1) is 0 Å². The van der Waals surface area contributed by atoms with Gasteiger partial charge in [-0.3, -0.25) is 0 Å². The molecule has 2 amide bonds. The topological polar surface area (TPSA) is 35.6 Å². The van der Waals surface area contributed by atoms with Crippen molar-refractivity contribution >= 4 is 6.03 Å². The van der Waals surface area contributed by atoms with Gasteiger partial charge in [-0.1, -0.05) is 19.3 Å². The Morgan fingerprint density at radius 3 is 2.43 bits per heavy atom. The Morgan fingerprint density at radius 2 is 1.86 bits per heavy atom. The summed E-state index contributed by atoms with van der Waals surface area (Å²) in [7, 11) is 2.16. The molecule has 0 aromatic rings. The summed E-state index contributed by atoms with van der Waals surface area (Å²) in [6, 6.07) is 1.21. The van der Waals surface area contributed by atoms with Gasteiger partial charge < -0.3 is 15.1 Å². The van der Waals surface area contributed by atoms with E-state index in [0.717, 1.165) is 32.5 Å². The van der Waals surface area contributed by atoms with Crippen LogP contribution in [0.5, 0.6) is 0 Å². The van der Waals surface area contributed by atoms with Crippen LogP contribution in [0, 0.1) is 0 Å². The second-order valence-corrected chi connectivity index (χ2v) is 6.59. The van der Waals surface area contributed by atoms with Crippen LogP contribution in [0.15, 0.2) is 0 Å². The Bertz CT molecular complexity index is 288. The number of carbonyl (C=O) groups is 1. The number of hydrogen-bond donors (Lipinski definition) is 1. The predicted octanol–water partition coefficient (Wildman–Crippen LogP) is 3.47. The molecular weight excluding hydrogens is 262 g/mol. The van der Waals surface area contributed by atoms with E-state index >= 15 is 0 Å². The van der Waals surface area contributed by atoms with E-state index in [-0.39, 0.29) is 6.03 Å². The van der Waals surface area contributed by atoms with Crippen molar-refractivity contribution in [3.8, 4) is 0 Å². The molecule has 4 heteroatoms. The Labute approximate surface area is 131 Å². The summed E-state index contributed by atoms with van der Waals surface area (Å²) in [5.74, 6) is 0. The lowest BCUT2D eigenvalue weighted by Gasteiger charge is -2.33. The summed E-state index contributed by atoms with van der Waals surface area (Å²) >= 11 is 0. The largest absolute Gasteiger partial charge is 0.338 e. The molecule has 1 fully saturated rings. The molecule has 4 nitrogen and oxygen atoms in total. The van der Waals surface area contributed by atoms with Crippen LogP contribution in [-0.4, -0.2) is 54.6 Å². The molecule has 0 aliphatic heterocycles. The van der Waals surface area contributed by atoms with E-state index in [1.54, 1.807) is 0 Å². The molecule has 0 radical (unpaired) electrons. The molecular formula is C17H35N3O. The maximum Gasteiger partial charge on any atom is 0.317 e. The van der Waals surface area contributed by atoms with Crippen molar-refractivity contribution < 1.29 is 4.79 Å². The lowest BCUT2D eigenvalue weighted by molar-refractivity contribution is 0.159. The van der Waals surface area contributed by atoms with Gasteiger partial charge in [-0.2, -0.15) is 0 Å². The Kier molecular flexibility index (Phi) is 8.74. The van der Waals surface area contributed by atoms with Gasteiger partial charge in [0, 0.05) is 25.2 Å². The minimum atomic E-state index is 0.140. The van der Waals surface area contributed by atoms with E-state index in [1.807, 2.05) is 4.90 Å². The molecule has 0 unspecified atom stereocenters. The molecule has 1 saturated carbocycles. The fourth-order valence-corrected chi connectivity index (χ4v) is 3.00. The molecule has 21 heavy (non-hydrogen) atoms. The van der Waals surface area contributed by atoms with Gasteiger partial charge in [0.1, 0.15) is 0 Å². The number of carbonyl (C=O) groups excluding carboxylic acids is 1. The molecule has 1 aliphatic rings. The van der Waals surface area contributed by atoms with E-state index in [4.69, 9.17) is 0 Å². The third-order valence-electron chi connectivity index (χ3n) is 4.71. The van der Waals surface area contributed by atoms with Gasteiger partial charge in [-0.25, -0.2) is 4.79 Å². The van der Waals surface area contributed by atoms with Crippen molar-refractivity contribution in [3.63, 3.8) is 0 Å². The molecule has 0 heterocycles. The average molecular weight is 297 g/mol. The number of nitrogens with zero attached hydrogens (tertiary/aromatic N) is 2. The van der Waals surface area contributed by atoms with E-state index < -0.39 is 0 Å². The smallest absolute Gasteiger partial charge is 0.317 e. The quantitative estimate of drug-likeness (QED) is 0.696.